The summed E-state index contributed by atoms with van der Waals surface area (Å²) in [6.45, 7) is 0. The normalized spacial score (nSPS) is 10.4. The molecule has 0 spiro atoms. The van der Waals surface area contributed by atoms with Crippen molar-refractivity contribution in [1.29, 1.82) is 0 Å². The number of hydrogen-bond donors (Lipinski definition) is 0. The van der Waals surface area contributed by atoms with E-state index in [1.54, 1.807) is 18.2 Å². The number of halogens is 2. The second kappa shape index (κ2) is 4.73. The van der Waals surface area contributed by atoms with Crippen molar-refractivity contribution >= 4 is 29.0 Å². The van der Waals surface area contributed by atoms with Crippen LogP contribution in [0.25, 0.3) is 0 Å². The molecule has 82 valence electrons. The molecule has 2 aromatic rings. The predicted molar refractivity (Wildman–Crippen MR) is 63.2 cm³/mol. The second-order valence-corrected chi connectivity index (χ2v) is 4.12. The molecule has 2 rings (SSSR count). The molecule has 0 saturated heterocycles. The summed E-state index contributed by atoms with van der Waals surface area (Å²) in [6.07, 6.45) is 1.66. The van der Waals surface area contributed by atoms with Gasteiger partial charge in [-0.1, -0.05) is 23.7 Å². The van der Waals surface area contributed by atoms with Crippen molar-refractivity contribution in [2.45, 2.75) is 6.42 Å². The van der Waals surface area contributed by atoms with E-state index in [-0.39, 0.29) is 17.4 Å². The van der Waals surface area contributed by atoms with Crippen LogP contribution in [0.5, 0.6) is 0 Å². The fourth-order valence-electron chi connectivity index (χ4n) is 1.42. The van der Waals surface area contributed by atoms with Crippen LogP contribution in [0.2, 0.25) is 10.2 Å². The van der Waals surface area contributed by atoms with E-state index in [9.17, 15) is 4.79 Å². The maximum atomic E-state index is 11.8. The molecule has 1 aromatic carbocycles. The highest BCUT2D eigenvalue weighted by Crippen LogP contribution is 2.19. The van der Waals surface area contributed by atoms with E-state index in [0.29, 0.717) is 10.6 Å². The lowest BCUT2D eigenvalue weighted by molar-refractivity contribution is 0.0992. The van der Waals surface area contributed by atoms with Gasteiger partial charge in [-0.15, -0.1) is 0 Å². The third kappa shape index (κ3) is 2.46. The summed E-state index contributed by atoms with van der Waals surface area (Å²) >= 11 is 11.5. The van der Waals surface area contributed by atoms with E-state index in [4.69, 9.17) is 27.6 Å². The summed E-state index contributed by atoms with van der Waals surface area (Å²) in [4.78, 5) is 11.8. The Morgan fingerprint density at radius 2 is 2.06 bits per heavy atom. The van der Waals surface area contributed by atoms with E-state index in [2.05, 4.69) is 0 Å². The first-order chi connectivity index (χ1) is 7.66. The first-order valence-electron chi connectivity index (χ1n) is 4.67. The van der Waals surface area contributed by atoms with Gasteiger partial charge < -0.3 is 4.42 Å². The van der Waals surface area contributed by atoms with Crippen LogP contribution in [0.1, 0.15) is 15.9 Å². The third-order valence-electron chi connectivity index (χ3n) is 2.17. The lowest BCUT2D eigenvalue weighted by Gasteiger charge is -2.00. The van der Waals surface area contributed by atoms with Gasteiger partial charge in [-0.05, 0) is 35.4 Å². The minimum atomic E-state index is -0.0824. The van der Waals surface area contributed by atoms with Crippen molar-refractivity contribution in [2.24, 2.45) is 0 Å². The molecule has 0 aliphatic carbocycles. The zero-order chi connectivity index (χ0) is 11.5. The summed E-state index contributed by atoms with van der Waals surface area (Å²) in [6, 6.07) is 8.74. The van der Waals surface area contributed by atoms with Crippen LogP contribution in [0, 0.1) is 0 Å². The molecule has 1 heterocycles. The van der Waals surface area contributed by atoms with Gasteiger partial charge in [0.2, 0.25) is 5.22 Å². The number of rotatable bonds is 3. The van der Waals surface area contributed by atoms with Crippen molar-refractivity contribution in [3.63, 3.8) is 0 Å². The monoisotopic (exact) mass is 254 g/mol. The Bertz CT molecular complexity index is 517. The van der Waals surface area contributed by atoms with Crippen molar-refractivity contribution in [3.05, 3.63) is 58.0 Å². The Hall–Kier alpha value is -1.25. The molecule has 0 N–H and O–H groups in total. The van der Waals surface area contributed by atoms with Gasteiger partial charge in [0.05, 0.1) is 11.8 Å². The number of carbonyl (C=O) groups excluding carboxylic acids is 1. The molecular formula is C12H8Cl2O2. The molecule has 4 heteroatoms. The largest absolute Gasteiger partial charge is 0.452 e. The van der Waals surface area contributed by atoms with E-state index in [0.717, 1.165) is 5.56 Å². The molecule has 0 radical (unpaired) electrons. The van der Waals surface area contributed by atoms with E-state index >= 15 is 0 Å². The number of carbonyl (C=O) groups is 1. The number of benzene rings is 1. The van der Waals surface area contributed by atoms with Gasteiger partial charge in [-0.2, -0.15) is 0 Å². The van der Waals surface area contributed by atoms with Gasteiger partial charge in [0.1, 0.15) is 0 Å². The first kappa shape index (κ1) is 11.2. The predicted octanol–water partition coefficient (Wildman–Crippen LogP) is 4.01. The minimum Gasteiger partial charge on any atom is -0.452 e. The highest BCUT2D eigenvalue weighted by Gasteiger charge is 2.13. The highest BCUT2D eigenvalue weighted by atomic mass is 35.5. The van der Waals surface area contributed by atoms with E-state index in [1.165, 1.54) is 6.26 Å². The summed E-state index contributed by atoms with van der Waals surface area (Å²) in [5, 5.41) is 0.746. The van der Waals surface area contributed by atoms with Crippen LogP contribution >= 0.6 is 23.2 Å². The Balaban J connectivity index is 2.17. The molecule has 16 heavy (non-hydrogen) atoms. The third-order valence-corrected chi connectivity index (χ3v) is 2.70. The van der Waals surface area contributed by atoms with Gasteiger partial charge in [-0.25, -0.2) is 0 Å². The average molecular weight is 255 g/mol. The highest BCUT2D eigenvalue weighted by molar-refractivity contribution is 6.32. The van der Waals surface area contributed by atoms with Crippen LogP contribution in [-0.4, -0.2) is 5.78 Å². The zero-order valence-electron chi connectivity index (χ0n) is 8.24. The van der Waals surface area contributed by atoms with Crippen LogP contribution in [0.15, 0.2) is 41.0 Å². The fraction of sp³-hybridized carbons (Fsp3) is 0.0833. The Morgan fingerprint density at radius 3 is 2.69 bits per heavy atom. The fourth-order valence-corrected chi connectivity index (χ4v) is 1.85. The molecule has 1 aromatic heterocycles. The molecule has 0 aliphatic heterocycles. The molecule has 0 fully saturated rings. The number of hydrogen-bond acceptors (Lipinski definition) is 2. The summed E-state index contributed by atoms with van der Waals surface area (Å²) in [5.41, 5.74) is 1.26. The van der Waals surface area contributed by atoms with Gasteiger partial charge in [0.25, 0.3) is 0 Å². The van der Waals surface area contributed by atoms with Crippen LogP contribution < -0.4 is 0 Å². The Labute approximate surface area is 103 Å². The van der Waals surface area contributed by atoms with Crippen LogP contribution in [0.4, 0.5) is 0 Å². The quantitative estimate of drug-likeness (QED) is 0.775. The summed E-state index contributed by atoms with van der Waals surface area (Å²) < 4.78 is 4.87. The van der Waals surface area contributed by atoms with E-state index in [1.807, 2.05) is 12.1 Å². The smallest absolute Gasteiger partial charge is 0.203 e. The van der Waals surface area contributed by atoms with E-state index < -0.39 is 0 Å². The lowest BCUT2D eigenvalue weighted by atomic mass is 10.1. The van der Waals surface area contributed by atoms with Crippen molar-refractivity contribution in [2.75, 3.05) is 0 Å². The van der Waals surface area contributed by atoms with Crippen molar-refractivity contribution in [3.8, 4) is 0 Å². The number of ketones is 1. The molecule has 0 amide bonds. The van der Waals surface area contributed by atoms with Gasteiger partial charge in [0, 0.05) is 11.4 Å². The lowest BCUT2D eigenvalue weighted by Crippen LogP contribution is -2.02. The SMILES string of the molecule is O=C(Cc1cccc(Cl)c1)c1ccoc1Cl. The summed E-state index contributed by atoms with van der Waals surface area (Å²) in [5.74, 6) is -0.0824. The summed E-state index contributed by atoms with van der Waals surface area (Å²) in [7, 11) is 0. The maximum Gasteiger partial charge on any atom is 0.203 e. The Morgan fingerprint density at radius 1 is 1.25 bits per heavy atom. The topological polar surface area (TPSA) is 30.2 Å². The molecular weight excluding hydrogens is 247 g/mol. The van der Waals surface area contributed by atoms with Gasteiger partial charge >= 0.3 is 0 Å². The van der Waals surface area contributed by atoms with Crippen LogP contribution in [-0.2, 0) is 6.42 Å². The molecule has 2 nitrogen and oxygen atoms in total. The van der Waals surface area contributed by atoms with Crippen molar-refractivity contribution in [1.82, 2.24) is 0 Å². The molecule has 0 unspecified atom stereocenters. The molecule has 0 atom stereocenters. The molecule has 0 bridgehead atoms. The average Bonchev–Trinajstić information content (AvgIpc) is 2.64. The number of furan rings is 1. The second-order valence-electron chi connectivity index (χ2n) is 3.34. The standard InChI is InChI=1S/C12H8Cl2O2/c13-9-3-1-2-8(6-9)7-11(15)10-4-5-16-12(10)14/h1-6H,7H2. The maximum absolute atomic E-state index is 11.8. The first-order valence-corrected chi connectivity index (χ1v) is 5.43. The molecule has 0 aliphatic rings. The molecule has 0 saturated carbocycles. The van der Waals surface area contributed by atoms with Gasteiger partial charge in [0.15, 0.2) is 5.78 Å². The van der Waals surface area contributed by atoms with Crippen LogP contribution in [0.3, 0.4) is 0 Å². The number of Topliss-reactive ketones (excluding diaryl/α,β-unsaturated/α-hetero) is 1. The Kier molecular flexibility index (Phi) is 3.32. The van der Waals surface area contributed by atoms with Gasteiger partial charge in [-0.3, -0.25) is 4.79 Å². The van der Waals surface area contributed by atoms with Crippen molar-refractivity contribution < 1.29 is 9.21 Å². The zero-order valence-corrected chi connectivity index (χ0v) is 9.76. The minimum absolute atomic E-state index is 0.0824.